The molecular weight excluding hydrogens is 469 g/mol. The number of carbonyl (C=O) groups is 3. The van der Waals surface area contributed by atoms with Gasteiger partial charge in [0.05, 0.1) is 29.0 Å². The van der Waals surface area contributed by atoms with Crippen LogP contribution in [0.1, 0.15) is 36.7 Å². The summed E-state index contributed by atoms with van der Waals surface area (Å²) in [4.78, 5) is 38.1. The first-order valence-corrected chi connectivity index (χ1v) is 10.5. The molecule has 0 saturated carbocycles. The monoisotopic (exact) mass is 494 g/mol. The number of alkyl halides is 3. The SMILES string of the molecule is CN(CC1(C(=O)O)Nc2ccc(NC(=O)c3ccccc3C(F)(F)F)cc2N1)C(=O)OC(C)(C)C. The van der Waals surface area contributed by atoms with Gasteiger partial charge in [-0.1, -0.05) is 12.1 Å². The zero-order chi connectivity index (χ0) is 26.2. The van der Waals surface area contributed by atoms with E-state index < -0.39 is 46.5 Å². The van der Waals surface area contributed by atoms with Gasteiger partial charge in [-0.2, -0.15) is 13.2 Å². The van der Waals surface area contributed by atoms with Gasteiger partial charge in [-0.3, -0.25) is 4.79 Å². The Morgan fingerprint density at radius 3 is 2.29 bits per heavy atom. The molecule has 1 aliphatic heterocycles. The van der Waals surface area contributed by atoms with Gasteiger partial charge in [-0.25, -0.2) is 9.59 Å². The normalized spacial score (nSPS) is 17.0. The summed E-state index contributed by atoms with van der Waals surface area (Å²) < 4.78 is 45.0. The molecule has 2 aromatic carbocycles. The number of likely N-dealkylation sites (N-methyl/N-ethyl adjacent to an activating group) is 1. The maximum Gasteiger partial charge on any atom is 0.417 e. The number of fused-ring (bicyclic) bond motifs is 1. The minimum Gasteiger partial charge on any atom is -0.478 e. The lowest BCUT2D eigenvalue weighted by Gasteiger charge is -2.32. The fraction of sp³-hybridized carbons (Fsp3) is 0.348. The fourth-order valence-electron chi connectivity index (χ4n) is 3.47. The molecule has 1 aliphatic rings. The predicted octanol–water partition coefficient (Wildman–Crippen LogP) is 4.44. The lowest BCUT2D eigenvalue weighted by molar-refractivity contribution is -0.141. The van der Waals surface area contributed by atoms with E-state index in [4.69, 9.17) is 4.74 Å². The number of carbonyl (C=O) groups excluding carboxylic acids is 2. The van der Waals surface area contributed by atoms with Crippen LogP contribution in [0, 0.1) is 0 Å². The topological polar surface area (TPSA) is 120 Å². The van der Waals surface area contributed by atoms with E-state index in [1.54, 1.807) is 20.8 Å². The molecule has 0 aliphatic carbocycles. The third-order valence-corrected chi connectivity index (χ3v) is 5.00. The number of aliphatic carboxylic acids is 1. The molecule has 0 bridgehead atoms. The Bertz CT molecular complexity index is 1160. The summed E-state index contributed by atoms with van der Waals surface area (Å²) in [5, 5.41) is 17.9. The first-order chi connectivity index (χ1) is 16.1. The summed E-state index contributed by atoms with van der Waals surface area (Å²) in [6, 6.07) is 8.64. The first kappa shape index (κ1) is 25.7. The highest BCUT2D eigenvalue weighted by Crippen LogP contribution is 2.37. The minimum atomic E-state index is -4.71. The number of benzene rings is 2. The number of nitrogens with one attached hydrogen (secondary N) is 3. The molecule has 3 rings (SSSR count). The number of carboxylic acids is 1. The molecule has 1 atom stereocenters. The summed E-state index contributed by atoms with van der Waals surface area (Å²) in [5.74, 6) is -2.29. The second kappa shape index (κ2) is 9.01. The van der Waals surface area contributed by atoms with Crippen LogP contribution in [0.4, 0.5) is 35.0 Å². The van der Waals surface area contributed by atoms with Gasteiger partial charge in [0.2, 0.25) is 5.66 Å². The molecule has 1 heterocycles. The zero-order valence-corrected chi connectivity index (χ0v) is 19.4. The number of anilines is 3. The van der Waals surface area contributed by atoms with Gasteiger partial charge in [-0.15, -0.1) is 0 Å². The molecule has 0 fully saturated rings. The van der Waals surface area contributed by atoms with Crippen molar-refractivity contribution in [1.29, 1.82) is 0 Å². The number of hydrogen-bond acceptors (Lipinski definition) is 6. The largest absolute Gasteiger partial charge is 0.478 e. The van der Waals surface area contributed by atoms with Crippen LogP contribution < -0.4 is 16.0 Å². The zero-order valence-electron chi connectivity index (χ0n) is 19.4. The highest BCUT2D eigenvalue weighted by atomic mass is 19.4. The van der Waals surface area contributed by atoms with Crippen LogP contribution in [0.5, 0.6) is 0 Å². The number of nitrogens with zero attached hydrogens (tertiary/aromatic N) is 1. The van der Waals surface area contributed by atoms with Crippen molar-refractivity contribution in [3.05, 3.63) is 53.6 Å². The first-order valence-electron chi connectivity index (χ1n) is 10.5. The van der Waals surface area contributed by atoms with E-state index in [2.05, 4.69) is 16.0 Å². The molecule has 2 aromatic rings. The van der Waals surface area contributed by atoms with Gasteiger partial charge in [0.1, 0.15) is 5.60 Å². The Morgan fingerprint density at radius 1 is 1.06 bits per heavy atom. The quantitative estimate of drug-likeness (QED) is 0.485. The van der Waals surface area contributed by atoms with Gasteiger partial charge < -0.3 is 30.7 Å². The maximum absolute atomic E-state index is 13.2. The number of rotatable bonds is 5. The number of amides is 2. The summed E-state index contributed by atoms with van der Waals surface area (Å²) in [6.45, 7) is 4.70. The van der Waals surface area contributed by atoms with Crippen molar-refractivity contribution in [3.63, 3.8) is 0 Å². The third-order valence-electron chi connectivity index (χ3n) is 5.00. The summed E-state index contributed by atoms with van der Waals surface area (Å²) in [7, 11) is 1.38. The van der Waals surface area contributed by atoms with Gasteiger partial charge in [-0.05, 0) is 51.1 Å². The van der Waals surface area contributed by atoms with Crippen molar-refractivity contribution in [2.24, 2.45) is 0 Å². The van der Waals surface area contributed by atoms with Gasteiger partial charge in [0.25, 0.3) is 5.91 Å². The van der Waals surface area contributed by atoms with Crippen molar-refractivity contribution in [1.82, 2.24) is 4.90 Å². The molecule has 0 saturated heterocycles. The van der Waals surface area contributed by atoms with E-state index in [9.17, 15) is 32.7 Å². The van der Waals surface area contributed by atoms with Crippen LogP contribution in [0.25, 0.3) is 0 Å². The number of hydrogen-bond donors (Lipinski definition) is 4. The Morgan fingerprint density at radius 2 is 1.69 bits per heavy atom. The van der Waals surface area contributed by atoms with Gasteiger partial charge in [0.15, 0.2) is 0 Å². The Kier molecular flexibility index (Phi) is 6.60. The van der Waals surface area contributed by atoms with E-state index in [1.807, 2.05) is 0 Å². The number of carboxylic acid groups (broad SMARTS) is 1. The second-order valence-corrected chi connectivity index (χ2v) is 9.05. The Hall–Kier alpha value is -3.96. The van der Waals surface area contributed by atoms with Crippen LogP contribution in [0.15, 0.2) is 42.5 Å². The van der Waals surface area contributed by atoms with Crippen LogP contribution in [0.3, 0.4) is 0 Å². The van der Waals surface area contributed by atoms with Gasteiger partial charge in [0, 0.05) is 12.7 Å². The predicted molar refractivity (Wildman–Crippen MR) is 122 cm³/mol. The molecule has 2 amide bonds. The second-order valence-electron chi connectivity index (χ2n) is 9.05. The molecule has 0 radical (unpaired) electrons. The molecule has 188 valence electrons. The molecule has 9 nitrogen and oxygen atoms in total. The average Bonchev–Trinajstić information content (AvgIpc) is 3.10. The minimum absolute atomic E-state index is 0.140. The van der Waals surface area contributed by atoms with Crippen LogP contribution in [-0.2, 0) is 15.7 Å². The average molecular weight is 494 g/mol. The molecule has 4 N–H and O–H groups in total. The van der Waals surface area contributed by atoms with Crippen molar-refractivity contribution in [2.75, 3.05) is 29.5 Å². The van der Waals surface area contributed by atoms with Crippen molar-refractivity contribution >= 4 is 35.0 Å². The lowest BCUT2D eigenvalue weighted by atomic mass is 10.1. The smallest absolute Gasteiger partial charge is 0.417 e. The standard InChI is InChI=1S/C23H25F3N4O5/c1-21(2,3)35-20(34)30(4)12-22(19(32)33)28-16-10-9-13(11-17(16)29-22)27-18(31)14-7-5-6-8-15(14)23(24,25)26/h5-11,28-29H,12H2,1-4H3,(H,27,31)(H,32,33). The highest BCUT2D eigenvalue weighted by molar-refractivity contribution is 6.06. The number of halogens is 3. The van der Waals surface area contributed by atoms with E-state index in [-0.39, 0.29) is 17.9 Å². The molecule has 0 aromatic heterocycles. The Labute approximate surface area is 199 Å². The fourth-order valence-corrected chi connectivity index (χ4v) is 3.47. The molecule has 35 heavy (non-hydrogen) atoms. The summed E-state index contributed by atoms with van der Waals surface area (Å²) in [5.41, 5.74) is -3.44. The molecule has 0 spiro atoms. The van der Waals surface area contributed by atoms with Crippen LogP contribution >= 0.6 is 0 Å². The summed E-state index contributed by atoms with van der Waals surface area (Å²) >= 11 is 0. The van der Waals surface area contributed by atoms with Crippen molar-refractivity contribution < 1.29 is 37.4 Å². The highest BCUT2D eigenvalue weighted by Gasteiger charge is 2.46. The van der Waals surface area contributed by atoms with Crippen molar-refractivity contribution in [3.8, 4) is 0 Å². The number of ether oxygens (including phenoxy) is 1. The van der Waals surface area contributed by atoms with E-state index in [1.165, 1.54) is 37.4 Å². The maximum atomic E-state index is 13.2. The van der Waals surface area contributed by atoms with E-state index in [0.717, 1.165) is 17.0 Å². The van der Waals surface area contributed by atoms with Crippen LogP contribution in [0.2, 0.25) is 0 Å². The molecular formula is C23H25F3N4O5. The Balaban J connectivity index is 1.80. The van der Waals surface area contributed by atoms with E-state index >= 15 is 0 Å². The third kappa shape index (κ3) is 5.76. The summed E-state index contributed by atoms with van der Waals surface area (Å²) in [6.07, 6.45) is -5.44. The van der Waals surface area contributed by atoms with Crippen molar-refractivity contribution in [2.45, 2.75) is 38.2 Å². The van der Waals surface area contributed by atoms with E-state index in [0.29, 0.717) is 5.69 Å². The van der Waals surface area contributed by atoms with Crippen LogP contribution in [-0.4, -0.2) is 52.8 Å². The molecule has 1 unspecified atom stereocenters. The lowest BCUT2D eigenvalue weighted by Crippen LogP contribution is -2.58. The molecule has 12 heteroatoms. The van der Waals surface area contributed by atoms with Gasteiger partial charge >= 0.3 is 18.2 Å².